The molecular formula is C25H26ClN9O. The fourth-order valence-corrected chi connectivity index (χ4v) is 4.49. The molecule has 1 aliphatic heterocycles. The lowest BCUT2D eigenvalue weighted by molar-refractivity contribution is 0.102. The molecule has 0 bridgehead atoms. The molecule has 2 aromatic carbocycles. The van der Waals surface area contributed by atoms with Crippen molar-refractivity contribution in [1.29, 1.82) is 0 Å². The Hall–Kier alpha value is -4.02. The first kappa shape index (κ1) is 23.7. The molecule has 4 heterocycles. The highest BCUT2D eigenvalue weighted by molar-refractivity contribution is 6.04. The Morgan fingerprint density at radius 2 is 1.89 bits per heavy atom. The van der Waals surface area contributed by atoms with Crippen molar-refractivity contribution in [3.63, 3.8) is 0 Å². The molecule has 184 valence electrons. The quantitative estimate of drug-likeness (QED) is 0.333. The van der Waals surface area contributed by atoms with Crippen LogP contribution in [0.3, 0.4) is 0 Å². The van der Waals surface area contributed by atoms with Crippen molar-refractivity contribution in [2.45, 2.75) is 25.3 Å². The number of carbonyl (C=O) groups excluding carboxylic acids is 1. The van der Waals surface area contributed by atoms with Gasteiger partial charge in [0, 0.05) is 17.1 Å². The van der Waals surface area contributed by atoms with E-state index in [0.29, 0.717) is 23.0 Å². The maximum Gasteiger partial charge on any atom is 0.255 e. The molecule has 1 amide bonds. The highest BCUT2D eigenvalue weighted by Gasteiger charge is 2.16. The third-order valence-corrected chi connectivity index (χ3v) is 6.38. The van der Waals surface area contributed by atoms with Crippen molar-refractivity contribution < 1.29 is 4.79 Å². The highest BCUT2D eigenvalue weighted by Crippen LogP contribution is 2.25. The van der Waals surface area contributed by atoms with E-state index in [4.69, 9.17) is 0 Å². The normalized spacial score (nSPS) is 15.8. The fourth-order valence-electron chi connectivity index (χ4n) is 4.49. The monoisotopic (exact) mass is 503 g/mol. The molecule has 11 heteroatoms. The molecule has 0 spiro atoms. The average Bonchev–Trinajstić information content (AvgIpc) is 3.60. The molecule has 3 N–H and O–H groups in total. The summed E-state index contributed by atoms with van der Waals surface area (Å²) in [5.41, 5.74) is 4.43. The molecule has 1 fully saturated rings. The Kier molecular flexibility index (Phi) is 6.79. The van der Waals surface area contributed by atoms with Crippen LogP contribution in [-0.4, -0.2) is 54.0 Å². The number of aromatic nitrogens is 7. The van der Waals surface area contributed by atoms with Gasteiger partial charge in [-0.1, -0.05) is 23.4 Å². The van der Waals surface area contributed by atoms with Gasteiger partial charge in [0.05, 0.1) is 35.3 Å². The lowest BCUT2D eigenvalue weighted by Crippen LogP contribution is -2.15. The second-order valence-corrected chi connectivity index (χ2v) is 8.71. The number of benzene rings is 2. The van der Waals surface area contributed by atoms with E-state index in [1.165, 1.54) is 0 Å². The van der Waals surface area contributed by atoms with E-state index in [9.17, 15) is 4.79 Å². The van der Waals surface area contributed by atoms with Gasteiger partial charge in [-0.25, -0.2) is 4.68 Å². The second kappa shape index (κ2) is 10.3. The number of hydrogen-bond acceptors (Lipinski definition) is 6. The Morgan fingerprint density at radius 1 is 1.03 bits per heavy atom. The number of halogens is 1. The predicted molar refractivity (Wildman–Crippen MR) is 140 cm³/mol. The van der Waals surface area contributed by atoms with Crippen LogP contribution in [0.1, 0.15) is 35.7 Å². The van der Waals surface area contributed by atoms with E-state index in [1.807, 2.05) is 53.5 Å². The number of rotatable bonds is 5. The van der Waals surface area contributed by atoms with Gasteiger partial charge in [-0.15, -0.1) is 17.5 Å². The van der Waals surface area contributed by atoms with E-state index in [2.05, 4.69) is 36.2 Å². The summed E-state index contributed by atoms with van der Waals surface area (Å²) in [7, 11) is 0. The maximum atomic E-state index is 12.8. The Labute approximate surface area is 213 Å². The summed E-state index contributed by atoms with van der Waals surface area (Å²) in [6.07, 6.45) is 8.71. The predicted octanol–water partition coefficient (Wildman–Crippen LogP) is 4.00. The number of nitrogens with zero attached hydrogens (tertiary/aromatic N) is 6. The highest BCUT2D eigenvalue weighted by atomic mass is 35.5. The van der Waals surface area contributed by atoms with Gasteiger partial charge in [0.1, 0.15) is 11.4 Å². The van der Waals surface area contributed by atoms with Gasteiger partial charge >= 0.3 is 0 Å². The number of anilines is 1. The number of carbonyl (C=O) groups is 1. The second-order valence-electron chi connectivity index (χ2n) is 8.71. The smallest absolute Gasteiger partial charge is 0.255 e. The zero-order chi connectivity index (χ0) is 23.6. The number of H-pyrrole nitrogens is 1. The standard InChI is InChI=1S/C25H25N9O.ClH/c35-25(28-18-14-27-33(15-18)19-4-3-12-26-13-11-19)17-7-9-20(10-8-17)34-16-23(30-32-34)24-21-5-1-2-6-22(21)29-31-24;/h1-2,5-10,14-16,19,26H,3-4,11-13H2,(H,28,35)(H,29,31);1H. The molecule has 6 rings (SSSR count). The minimum Gasteiger partial charge on any atom is -0.319 e. The zero-order valence-corrected chi connectivity index (χ0v) is 20.3. The summed E-state index contributed by atoms with van der Waals surface area (Å²) in [6.45, 7) is 2.04. The van der Waals surface area contributed by atoms with Gasteiger partial charge in [0.2, 0.25) is 0 Å². The van der Waals surface area contributed by atoms with E-state index in [0.717, 1.165) is 54.6 Å². The van der Waals surface area contributed by atoms with E-state index < -0.39 is 0 Å². The van der Waals surface area contributed by atoms with Gasteiger partial charge in [-0.2, -0.15) is 10.2 Å². The van der Waals surface area contributed by atoms with Crippen molar-refractivity contribution >= 4 is 34.9 Å². The molecule has 0 radical (unpaired) electrons. The molecule has 1 saturated heterocycles. The molecular weight excluding hydrogens is 478 g/mol. The Morgan fingerprint density at radius 3 is 2.78 bits per heavy atom. The van der Waals surface area contributed by atoms with Crippen LogP contribution in [0.2, 0.25) is 0 Å². The van der Waals surface area contributed by atoms with Gasteiger partial charge in [-0.3, -0.25) is 14.6 Å². The molecule has 1 atom stereocenters. The van der Waals surface area contributed by atoms with Gasteiger partial charge in [0.25, 0.3) is 5.91 Å². The summed E-state index contributed by atoms with van der Waals surface area (Å²) in [4.78, 5) is 12.8. The topological polar surface area (TPSA) is 118 Å². The Bertz CT molecular complexity index is 1460. The summed E-state index contributed by atoms with van der Waals surface area (Å²) in [5, 5.41) is 27.8. The third-order valence-electron chi connectivity index (χ3n) is 6.38. The average molecular weight is 504 g/mol. The van der Waals surface area contributed by atoms with Crippen molar-refractivity contribution in [3.8, 4) is 17.1 Å². The van der Waals surface area contributed by atoms with Crippen molar-refractivity contribution in [3.05, 3.63) is 72.7 Å². The van der Waals surface area contributed by atoms with Crippen LogP contribution in [0, 0.1) is 0 Å². The van der Waals surface area contributed by atoms with Crippen LogP contribution in [0.5, 0.6) is 0 Å². The lowest BCUT2D eigenvalue weighted by atomic mass is 10.1. The van der Waals surface area contributed by atoms with Gasteiger partial charge in [0.15, 0.2) is 0 Å². The molecule has 5 aromatic rings. The first-order valence-corrected chi connectivity index (χ1v) is 11.8. The first-order chi connectivity index (χ1) is 17.2. The van der Waals surface area contributed by atoms with Crippen LogP contribution in [0.15, 0.2) is 67.1 Å². The number of amides is 1. The minimum atomic E-state index is -0.180. The van der Waals surface area contributed by atoms with Gasteiger partial charge in [-0.05, 0) is 62.7 Å². The maximum absolute atomic E-state index is 12.8. The molecule has 1 aliphatic rings. The van der Waals surface area contributed by atoms with Crippen LogP contribution >= 0.6 is 12.4 Å². The van der Waals surface area contributed by atoms with E-state index in [1.54, 1.807) is 23.0 Å². The molecule has 36 heavy (non-hydrogen) atoms. The number of fused-ring (bicyclic) bond motifs is 1. The van der Waals surface area contributed by atoms with Crippen molar-refractivity contribution in [1.82, 2.24) is 40.3 Å². The number of para-hydroxylation sites is 1. The van der Waals surface area contributed by atoms with Gasteiger partial charge < -0.3 is 10.6 Å². The molecule has 3 aromatic heterocycles. The van der Waals surface area contributed by atoms with E-state index in [-0.39, 0.29) is 18.3 Å². The summed E-state index contributed by atoms with van der Waals surface area (Å²) < 4.78 is 3.64. The summed E-state index contributed by atoms with van der Waals surface area (Å²) >= 11 is 0. The summed E-state index contributed by atoms with van der Waals surface area (Å²) in [5.74, 6) is -0.180. The lowest BCUT2D eigenvalue weighted by Gasteiger charge is -2.13. The van der Waals surface area contributed by atoms with Crippen LogP contribution < -0.4 is 10.6 Å². The van der Waals surface area contributed by atoms with Crippen LogP contribution in [0.25, 0.3) is 28.0 Å². The Balaban J connectivity index is 0.00000267. The number of hydrogen-bond donors (Lipinski definition) is 3. The minimum absolute atomic E-state index is 0. The molecule has 1 unspecified atom stereocenters. The first-order valence-electron chi connectivity index (χ1n) is 11.8. The summed E-state index contributed by atoms with van der Waals surface area (Å²) in [6, 6.07) is 15.5. The molecule has 0 aliphatic carbocycles. The van der Waals surface area contributed by atoms with Crippen LogP contribution in [0.4, 0.5) is 5.69 Å². The number of nitrogens with one attached hydrogen (secondary N) is 3. The fraction of sp³-hybridized carbons (Fsp3) is 0.240. The largest absolute Gasteiger partial charge is 0.319 e. The zero-order valence-electron chi connectivity index (χ0n) is 19.5. The van der Waals surface area contributed by atoms with Crippen LogP contribution in [-0.2, 0) is 0 Å². The SMILES string of the molecule is Cl.O=C(Nc1cnn(C2CCCNCC2)c1)c1ccc(-n2cc(-c3n[nH]c4ccccc34)nn2)cc1. The van der Waals surface area contributed by atoms with Crippen molar-refractivity contribution in [2.75, 3.05) is 18.4 Å². The molecule has 10 nitrogen and oxygen atoms in total. The molecule has 0 saturated carbocycles. The van der Waals surface area contributed by atoms with E-state index >= 15 is 0 Å². The third kappa shape index (κ3) is 4.73. The number of aromatic amines is 1. The van der Waals surface area contributed by atoms with Crippen molar-refractivity contribution in [2.24, 2.45) is 0 Å².